The third kappa shape index (κ3) is 3.04. The highest BCUT2D eigenvalue weighted by molar-refractivity contribution is 7.13. The molecular formula is C19H14N2O4S. The van der Waals surface area contributed by atoms with E-state index in [0.29, 0.717) is 18.1 Å². The lowest BCUT2D eigenvalue weighted by Crippen LogP contribution is -2.03. The van der Waals surface area contributed by atoms with Crippen LogP contribution in [0.15, 0.2) is 62.9 Å². The van der Waals surface area contributed by atoms with Gasteiger partial charge in [0.05, 0.1) is 11.5 Å². The Morgan fingerprint density at radius 3 is 2.69 bits per heavy atom. The van der Waals surface area contributed by atoms with E-state index in [0.717, 1.165) is 4.88 Å². The van der Waals surface area contributed by atoms with Gasteiger partial charge in [-0.1, -0.05) is 36.4 Å². The second-order valence-electron chi connectivity index (χ2n) is 5.29. The topological polar surface area (TPSA) is 78.4 Å². The van der Waals surface area contributed by atoms with Gasteiger partial charge >= 0.3 is 5.95 Å². The van der Waals surface area contributed by atoms with E-state index < -0.39 is 0 Å². The monoisotopic (exact) mass is 366 g/mol. The van der Waals surface area contributed by atoms with E-state index in [4.69, 9.17) is 13.6 Å². The minimum atomic E-state index is -0.261. The number of carbonyl (C=O) groups is 1. The van der Waals surface area contributed by atoms with E-state index in [1.54, 1.807) is 24.3 Å². The molecule has 0 saturated heterocycles. The van der Waals surface area contributed by atoms with Gasteiger partial charge in [-0.2, -0.15) is 0 Å². The van der Waals surface area contributed by atoms with Gasteiger partial charge < -0.3 is 13.6 Å². The molecule has 4 rings (SSSR count). The summed E-state index contributed by atoms with van der Waals surface area (Å²) in [6.45, 7) is 2.29. The van der Waals surface area contributed by atoms with Crippen molar-refractivity contribution in [2.24, 2.45) is 0 Å². The molecule has 0 radical (unpaired) electrons. The highest BCUT2D eigenvalue weighted by Crippen LogP contribution is 2.33. The van der Waals surface area contributed by atoms with Crippen molar-refractivity contribution in [1.82, 2.24) is 9.97 Å². The zero-order chi connectivity index (χ0) is 17.9. The van der Waals surface area contributed by atoms with Crippen LogP contribution >= 0.6 is 11.3 Å². The quantitative estimate of drug-likeness (QED) is 0.461. The molecule has 3 aromatic heterocycles. The van der Waals surface area contributed by atoms with Gasteiger partial charge in [-0.05, 0) is 18.4 Å². The number of oxazole rings is 2. The number of rotatable bonds is 6. The lowest BCUT2D eigenvalue weighted by Gasteiger charge is -1.98. The molecule has 0 unspecified atom stereocenters. The fraction of sp³-hybridized carbons (Fsp3) is 0.105. The Balaban J connectivity index is 1.81. The molecule has 0 aliphatic carbocycles. The molecule has 0 aliphatic heterocycles. The molecule has 0 fully saturated rings. The van der Waals surface area contributed by atoms with Gasteiger partial charge in [-0.25, -0.2) is 9.97 Å². The number of ether oxygens (including phenoxy) is 1. The Bertz CT molecular complexity index is 1020. The summed E-state index contributed by atoms with van der Waals surface area (Å²) in [6.07, 6.45) is 1.45. The van der Waals surface area contributed by atoms with Crippen LogP contribution in [0.4, 0.5) is 0 Å². The number of nitrogens with zero attached hydrogens (tertiary/aromatic N) is 2. The van der Waals surface area contributed by atoms with Crippen LogP contribution in [0.3, 0.4) is 0 Å². The largest absolute Gasteiger partial charge is 0.464 e. The molecule has 0 N–H and O–H groups in total. The average Bonchev–Trinajstić information content (AvgIpc) is 3.41. The van der Waals surface area contributed by atoms with Gasteiger partial charge in [0.15, 0.2) is 5.69 Å². The maximum atomic E-state index is 12.9. The second-order valence-corrected chi connectivity index (χ2v) is 6.23. The van der Waals surface area contributed by atoms with Crippen molar-refractivity contribution in [3.05, 3.63) is 65.3 Å². The van der Waals surface area contributed by atoms with Gasteiger partial charge in [-0.15, -0.1) is 11.3 Å². The molecule has 7 heteroatoms. The summed E-state index contributed by atoms with van der Waals surface area (Å²) in [5, 5.41) is 1.91. The zero-order valence-corrected chi connectivity index (χ0v) is 14.7. The van der Waals surface area contributed by atoms with Crippen molar-refractivity contribution < 1.29 is 18.4 Å². The Morgan fingerprint density at radius 1 is 1.12 bits per heavy atom. The van der Waals surface area contributed by atoms with E-state index in [2.05, 4.69) is 9.97 Å². The predicted molar refractivity (Wildman–Crippen MR) is 96.4 cm³/mol. The Hall–Kier alpha value is -3.19. The first-order chi connectivity index (χ1) is 12.8. The van der Waals surface area contributed by atoms with E-state index >= 15 is 0 Å². The molecule has 130 valence electrons. The number of benzene rings is 1. The molecule has 0 aliphatic rings. The minimum Gasteiger partial charge on any atom is -0.464 e. The Labute approximate surface area is 153 Å². The fourth-order valence-electron chi connectivity index (χ4n) is 2.42. The Morgan fingerprint density at radius 2 is 1.96 bits per heavy atom. The predicted octanol–water partition coefficient (Wildman–Crippen LogP) is 4.69. The summed E-state index contributed by atoms with van der Waals surface area (Å²) in [5.74, 6) is 0.694. The van der Waals surface area contributed by atoms with Gasteiger partial charge in [0.1, 0.15) is 6.20 Å². The van der Waals surface area contributed by atoms with E-state index in [-0.39, 0.29) is 29.1 Å². The van der Waals surface area contributed by atoms with Crippen molar-refractivity contribution in [3.63, 3.8) is 0 Å². The van der Waals surface area contributed by atoms with Crippen molar-refractivity contribution in [2.75, 3.05) is 6.61 Å². The van der Waals surface area contributed by atoms with Crippen LogP contribution in [0.5, 0.6) is 5.95 Å². The van der Waals surface area contributed by atoms with Gasteiger partial charge in [0.2, 0.25) is 17.4 Å². The maximum Gasteiger partial charge on any atom is 0.305 e. The first-order valence-electron chi connectivity index (χ1n) is 7.99. The summed E-state index contributed by atoms with van der Waals surface area (Å²) >= 11 is 1.47. The first-order valence-corrected chi connectivity index (χ1v) is 8.87. The van der Waals surface area contributed by atoms with Crippen molar-refractivity contribution in [3.8, 4) is 28.4 Å². The molecule has 0 saturated carbocycles. The number of aromatic nitrogens is 2. The summed E-state index contributed by atoms with van der Waals surface area (Å²) < 4.78 is 16.7. The number of hydrogen-bond acceptors (Lipinski definition) is 7. The van der Waals surface area contributed by atoms with Gasteiger partial charge in [-0.3, -0.25) is 4.79 Å². The van der Waals surface area contributed by atoms with Crippen LogP contribution in [0, 0.1) is 0 Å². The van der Waals surface area contributed by atoms with Gasteiger partial charge in [0, 0.05) is 5.56 Å². The molecular weight excluding hydrogens is 352 g/mol. The molecule has 3 heterocycles. The molecule has 0 bridgehead atoms. The zero-order valence-electron chi connectivity index (χ0n) is 13.8. The lowest BCUT2D eigenvalue weighted by atomic mass is 10.1. The summed E-state index contributed by atoms with van der Waals surface area (Å²) in [5.41, 5.74) is 0.667. The van der Waals surface area contributed by atoms with Crippen molar-refractivity contribution >= 4 is 17.1 Å². The molecule has 1 aromatic carbocycles. The third-order valence-corrected chi connectivity index (χ3v) is 4.43. The minimum absolute atomic E-state index is 0.156. The summed E-state index contributed by atoms with van der Waals surface area (Å²) in [4.78, 5) is 22.3. The van der Waals surface area contributed by atoms with Crippen molar-refractivity contribution in [2.45, 2.75) is 6.92 Å². The van der Waals surface area contributed by atoms with Crippen LogP contribution in [-0.4, -0.2) is 22.4 Å². The SMILES string of the molecule is CCOc1cnc(-c2oc(-c3cccs3)nc2C(=O)c2ccccc2)o1. The Kier molecular flexibility index (Phi) is 4.37. The maximum absolute atomic E-state index is 12.9. The van der Waals surface area contributed by atoms with E-state index in [9.17, 15) is 4.79 Å². The summed E-state index contributed by atoms with van der Waals surface area (Å²) in [6, 6.07) is 12.7. The summed E-state index contributed by atoms with van der Waals surface area (Å²) in [7, 11) is 0. The molecule has 26 heavy (non-hydrogen) atoms. The number of ketones is 1. The fourth-order valence-corrected chi connectivity index (χ4v) is 3.07. The average molecular weight is 366 g/mol. The number of hydrogen-bond donors (Lipinski definition) is 0. The third-order valence-electron chi connectivity index (χ3n) is 3.58. The first kappa shape index (κ1) is 16.3. The standard InChI is InChI=1S/C19H14N2O4S/c1-2-23-14-11-20-19(24-14)17-15(16(22)12-7-4-3-5-8-12)21-18(25-17)13-9-6-10-26-13/h3-11H,2H2,1H3. The van der Waals surface area contributed by atoms with Crippen molar-refractivity contribution in [1.29, 1.82) is 0 Å². The van der Waals surface area contributed by atoms with Crippen LogP contribution in [0.1, 0.15) is 23.0 Å². The number of carbonyl (C=O) groups excluding carboxylic acids is 1. The van der Waals surface area contributed by atoms with Gasteiger partial charge in [0.25, 0.3) is 5.89 Å². The van der Waals surface area contributed by atoms with Crippen LogP contribution < -0.4 is 4.74 Å². The van der Waals surface area contributed by atoms with Crippen LogP contribution in [0.2, 0.25) is 0 Å². The van der Waals surface area contributed by atoms with E-state index in [1.807, 2.05) is 30.5 Å². The molecule has 0 spiro atoms. The smallest absolute Gasteiger partial charge is 0.305 e. The van der Waals surface area contributed by atoms with Crippen LogP contribution in [0.25, 0.3) is 22.4 Å². The highest BCUT2D eigenvalue weighted by atomic mass is 32.1. The lowest BCUT2D eigenvalue weighted by molar-refractivity contribution is 0.103. The molecule has 0 amide bonds. The normalized spacial score (nSPS) is 10.8. The van der Waals surface area contributed by atoms with E-state index in [1.165, 1.54) is 17.5 Å². The molecule has 6 nitrogen and oxygen atoms in total. The highest BCUT2D eigenvalue weighted by Gasteiger charge is 2.27. The number of thiophene rings is 1. The molecule has 4 aromatic rings. The second kappa shape index (κ2) is 6.97. The van der Waals surface area contributed by atoms with Crippen LogP contribution in [-0.2, 0) is 0 Å². The molecule has 0 atom stereocenters.